The maximum absolute atomic E-state index is 13.1. The largest absolute Gasteiger partial charge is 0.497 e. The number of likely N-dealkylation sites (tertiary alicyclic amines) is 1. The highest BCUT2D eigenvalue weighted by Gasteiger charge is 2.32. The van der Waals surface area contributed by atoms with Gasteiger partial charge in [-0.2, -0.15) is 0 Å². The number of methoxy groups -OCH3 is 1. The van der Waals surface area contributed by atoms with Gasteiger partial charge in [0.05, 0.1) is 13.2 Å². The van der Waals surface area contributed by atoms with Gasteiger partial charge in [-0.15, -0.1) is 0 Å². The molecule has 1 aliphatic rings. The minimum atomic E-state index is -0.321. The van der Waals surface area contributed by atoms with Gasteiger partial charge in [0.1, 0.15) is 17.3 Å². The maximum Gasteiger partial charge on any atom is 0.292 e. The highest BCUT2D eigenvalue weighted by molar-refractivity contribution is 5.93. The normalized spacial score (nSPS) is 16.5. The second kappa shape index (κ2) is 7.23. The van der Waals surface area contributed by atoms with E-state index in [9.17, 15) is 9.18 Å². The molecule has 6 heteroatoms. The van der Waals surface area contributed by atoms with Gasteiger partial charge >= 0.3 is 0 Å². The van der Waals surface area contributed by atoms with Crippen LogP contribution in [0.2, 0.25) is 0 Å². The van der Waals surface area contributed by atoms with E-state index in [1.807, 2.05) is 29.2 Å². The van der Waals surface area contributed by atoms with Gasteiger partial charge in [0.25, 0.3) is 5.91 Å². The summed E-state index contributed by atoms with van der Waals surface area (Å²) in [5.74, 6) is 0.468. The number of hydrogen-bond donors (Lipinski definition) is 0. The summed E-state index contributed by atoms with van der Waals surface area (Å²) in [6, 6.07) is 15.3. The fraction of sp³-hybridized carbons (Fsp3) is 0.238. The van der Waals surface area contributed by atoms with E-state index in [0.717, 1.165) is 24.2 Å². The second-order valence-corrected chi connectivity index (χ2v) is 6.51. The summed E-state index contributed by atoms with van der Waals surface area (Å²) in [5.41, 5.74) is 2.28. The molecule has 1 aromatic heterocycles. The minimum absolute atomic E-state index is 0.00257. The van der Waals surface area contributed by atoms with E-state index in [1.54, 1.807) is 25.3 Å². The van der Waals surface area contributed by atoms with E-state index in [4.69, 9.17) is 9.26 Å². The van der Waals surface area contributed by atoms with Crippen molar-refractivity contribution in [2.75, 3.05) is 13.7 Å². The molecule has 1 atom stereocenters. The topological polar surface area (TPSA) is 55.6 Å². The lowest BCUT2D eigenvalue weighted by atomic mass is 10.0. The number of nitrogens with zero attached hydrogens (tertiary/aromatic N) is 2. The van der Waals surface area contributed by atoms with Crippen molar-refractivity contribution in [3.63, 3.8) is 0 Å². The molecular formula is C21H19FN2O3. The first-order valence-electron chi connectivity index (χ1n) is 8.83. The number of halogens is 1. The van der Waals surface area contributed by atoms with Crippen LogP contribution in [0.4, 0.5) is 4.39 Å². The highest BCUT2D eigenvalue weighted by Crippen LogP contribution is 2.34. The molecule has 0 bridgehead atoms. The molecule has 27 heavy (non-hydrogen) atoms. The first-order chi connectivity index (χ1) is 13.2. The average molecular weight is 366 g/mol. The summed E-state index contributed by atoms with van der Waals surface area (Å²) < 4.78 is 23.6. The zero-order valence-electron chi connectivity index (χ0n) is 14.9. The van der Waals surface area contributed by atoms with Gasteiger partial charge in [0.15, 0.2) is 0 Å². The zero-order valence-corrected chi connectivity index (χ0v) is 14.9. The van der Waals surface area contributed by atoms with Crippen LogP contribution in [0.25, 0.3) is 11.3 Å². The molecule has 1 aliphatic heterocycles. The highest BCUT2D eigenvalue weighted by atomic mass is 19.1. The van der Waals surface area contributed by atoms with E-state index < -0.39 is 0 Å². The first-order valence-corrected chi connectivity index (χ1v) is 8.83. The van der Waals surface area contributed by atoms with Crippen molar-refractivity contribution in [1.82, 2.24) is 10.1 Å². The number of ether oxygens (including phenoxy) is 1. The number of rotatable bonds is 4. The summed E-state index contributed by atoms with van der Waals surface area (Å²) in [6.45, 7) is 0.669. The van der Waals surface area contributed by atoms with E-state index in [1.165, 1.54) is 12.1 Å². The van der Waals surface area contributed by atoms with Crippen molar-refractivity contribution in [3.05, 3.63) is 71.7 Å². The van der Waals surface area contributed by atoms with Crippen LogP contribution in [0.5, 0.6) is 5.75 Å². The quantitative estimate of drug-likeness (QED) is 0.684. The summed E-state index contributed by atoms with van der Waals surface area (Å²) in [5, 5.41) is 3.97. The predicted molar refractivity (Wildman–Crippen MR) is 97.9 cm³/mol. The number of amides is 1. The summed E-state index contributed by atoms with van der Waals surface area (Å²) in [6.07, 6.45) is 1.83. The standard InChI is InChI=1S/C21H19FN2O3/c1-26-17-10-6-15(7-11-17)19-3-2-12-24(19)21(25)20-13-18(23-27-20)14-4-8-16(22)9-5-14/h4-11,13,19H,2-3,12H2,1H3/t19-/m1/s1. The van der Waals surface area contributed by atoms with Gasteiger partial charge in [-0.1, -0.05) is 17.3 Å². The fourth-order valence-electron chi connectivity index (χ4n) is 3.46. The molecule has 0 aliphatic carbocycles. The van der Waals surface area contributed by atoms with Gasteiger partial charge in [-0.25, -0.2) is 4.39 Å². The summed E-state index contributed by atoms with van der Waals surface area (Å²) in [7, 11) is 1.63. The molecule has 0 unspecified atom stereocenters. The van der Waals surface area contributed by atoms with Crippen LogP contribution < -0.4 is 4.74 Å². The molecule has 4 rings (SSSR count). The van der Waals surface area contributed by atoms with Crippen molar-refractivity contribution >= 4 is 5.91 Å². The number of aromatic nitrogens is 1. The molecule has 2 heterocycles. The van der Waals surface area contributed by atoms with E-state index in [-0.39, 0.29) is 23.5 Å². The summed E-state index contributed by atoms with van der Waals surface area (Å²) in [4.78, 5) is 14.8. The van der Waals surface area contributed by atoms with Crippen molar-refractivity contribution in [2.45, 2.75) is 18.9 Å². The molecule has 0 saturated carbocycles. The second-order valence-electron chi connectivity index (χ2n) is 6.51. The van der Waals surface area contributed by atoms with Crippen LogP contribution in [0, 0.1) is 5.82 Å². The molecule has 0 spiro atoms. The van der Waals surface area contributed by atoms with Gasteiger partial charge in [0, 0.05) is 18.2 Å². The average Bonchev–Trinajstić information content (AvgIpc) is 3.38. The number of benzene rings is 2. The molecule has 0 radical (unpaired) electrons. The molecular weight excluding hydrogens is 347 g/mol. The van der Waals surface area contributed by atoms with Crippen LogP contribution in [0.15, 0.2) is 59.1 Å². The van der Waals surface area contributed by atoms with Crippen LogP contribution in [0.3, 0.4) is 0 Å². The Balaban J connectivity index is 1.55. The van der Waals surface area contributed by atoms with Crippen LogP contribution in [-0.2, 0) is 0 Å². The number of carbonyl (C=O) groups is 1. The summed E-state index contributed by atoms with van der Waals surface area (Å²) >= 11 is 0. The molecule has 0 N–H and O–H groups in total. The molecule has 1 fully saturated rings. The monoisotopic (exact) mass is 366 g/mol. The lowest BCUT2D eigenvalue weighted by Crippen LogP contribution is -2.30. The van der Waals surface area contributed by atoms with Gasteiger partial charge in [-0.05, 0) is 54.8 Å². The molecule has 5 nitrogen and oxygen atoms in total. The van der Waals surface area contributed by atoms with E-state index >= 15 is 0 Å². The lowest BCUT2D eigenvalue weighted by Gasteiger charge is -2.24. The molecule has 3 aromatic rings. The van der Waals surface area contributed by atoms with Gasteiger partial charge < -0.3 is 14.2 Å². The van der Waals surface area contributed by atoms with Crippen molar-refractivity contribution in [3.8, 4) is 17.0 Å². The number of hydrogen-bond acceptors (Lipinski definition) is 4. The fourth-order valence-corrected chi connectivity index (χ4v) is 3.46. The smallest absolute Gasteiger partial charge is 0.292 e. The van der Waals surface area contributed by atoms with Gasteiger partial charge in [0.2, 0.25) is 5.76 Å². The Hall–Kier alpha value is -3.15. The van der Waals surface area contributed by atoms with Crippen molar-refractivity contribution < 1.29 is 18.4 Å². The molecule has 2 aromatic carbocycles. The zero-order chi connectivity index (χ0) is 18.8. The van der Waals surface area contributed by atoms with Crippen LogP contribution in [-0.4, -0.2) is 29.6 Å². The SMILES string of the molecule is COc1ccc([C@H]2CCCN2C(=O)c2cc(-c3ccc(F)cc3)no2)cc1. The Bertz CT molecular complexity index is 935. The Labute approximate surface area is 156 Å². The molecule has 1 saturated heterocycles. The molecule has 138 valence electrons. The first kappa shape index (κ1) is 17.3. The third kappa shape index (κ3) is 3.43. The predicted octanol–water partition coefficient (Wildman–Crippen LogP) is 4.47. The lowest BCUT2D eigenvalue weighted by molar-refractivity contribution is 0.0693. The van der Waals surface area contributed by atoms with Gasteiger partial charge in [-0.3, -0.25) is 4.79 Å². The molecule has 1 amide bonds. The Morgan fingerprint density at radius 3 is 2.63 bits per heavy atom. The van der Waals surface area contributed by atoms with Crippen molar-refractivity contribution in [1.29, 1.82) is 0 Å². The van der Waals surface area contributed by atoms with E-state index in [2.05, 4.69) is 5.16 Å². The minimum Gasteiger partial charge on any atom is -0.497 e. The maximum atomic E-state index is 13.1. The van der Waals surface area contributed by atoms with Crippen LogP contribution in [0.1, 0.15) is 35.0 Å². The Morgan fingerprint density at radius 2 is 1.93 bits per heavy atom. The van der Waals surface area contributed by atoms with E-state index in [0.29, 0.717) is 17.8 Å². The van der Waals surface area contributed by atoms with Crippen molar-refractivity contribution in [2.24, 2.45) is 0 Å². The van der Waals surface area contributed by atoms with Crippen LogP contribution >= 0.6 is 0 Å². The Kier molecular flexibility index (Phi) is 4.62. The number of carbonyl (C=O) groups excluding carboxylic acids is 1. The Morgan fingerprint density at radius 1 is 1.19 bits per heavy atom. The third-order valence-electron chi connectivity index (χ3n) is 4.88. The third-order valence-corrected chi connectivity index (χ3v) is 4.88.